The minimum Gasteiger partial charge on any atom is -0.491 e. The number of benzene rings is 2. The highest BCUT2D eigenvalue weighted by Gasteiger charge is 2.11. The number of aromatic nitrogens is 1. The molecule has 0 atom stereocenters. The van der Waals surface area contributed by atoms with Crippen LogP contribution in [0.15, 0.2) is 60.9 Å². The van der Waals surface area contributed by atoms with Crippen molar-refractivity contribution in [1.29, 1.82) is 0 Å². The van der Waals surface area contributed by atoms with Crippen molar-refractivity contribution in [2.45, 2.75) is 20.0 Å². The molecule has 28 heavy (non-hydrogen) atoms. The summed E-state index contributed by atoms with van der Waals surface area (Å²) >= 11 is 0. The highest BCUT2D eigenvalue weighted by Crippen LogP contribution is 2.22. The summed E-state index contributed by atoms with van der Waals surface area (Å²) in [6.45, 7) is 3.90. The third kappa shape index (κ3) is 5.03. The summed E-state index contributed by atoms with van der Waals surface area (Å²) in [5.74, 6) is -1.36. The number of anilines is 3. The molecule has 0 bridgehead atoms. The largest absolute Gasteiger partial charge is 0.491 e. The molecule has 0 unspecified atom stereocenters. The van der Waals surface area contributed by atoms with Crippen LogP contribution in [-0.4, -0.2) is 17.0 Å². The van der Waals surface area contributed by atoms with Crippen LogP contribution in [0.1, 0.15) is 24.2 Å². The summed E-state index contributed by atoms with van der Waals surface area (Å²) in [6, 6.07) is 11.9. The fourth-order valence-corrected chi connectivity index (χ4v) is 2.47. The summed E-state index contributed by atoms with van der Waals surface area (Å²) in [5, 5.41) is 5.55. The Kier molecular flexibility index (Phi) is 5.84. The number of amides is 1. The summed E-state index contributed by atoms with van der Waals surface area (Å²) in [4.78, 5) is 16.4. The number of nitrogens with one attached hydrogen (secondary N) is 2. The second kappa shape index (κ2) is 8.47. The van der Waals surface area contributed by atoms with Crippen LogP contribution >= 0.6 is 0 Å². The van der Waals surface area contributed by atoms with Crippen LogP contribution in [0.25, 0.3) is 0 Å². The van der Waals surface area contributed by atoms with E-state index in [0.717, 1.165) is 17.5 Å². The molecule has 5 nitrogen and oxygen atoms in total. The van der Waals surface area contributed by atoms with E-state index in [-0.39, 0.29) is 17.4 Å². The molecule has 3 rings (SSSR count). The van der Waals surface area contributed by atoms with E-state index in [4.69, 9.17) is 4.74 Å². The van der Waals surface area contributed by atoms with Gasteiger partial charge in [0.25, 0.3) is 5.91 Å². The first-order chi connectivity index (χ1) is 13.4. The third-order valence-corrected chi connectivity index (χ3v) is 3.69. The normalized spacial score (nSPS) is 10.6. The van der Waals surface area contributed by atoms with E-state index in [1.165, 1.54) is 12.3 Å². The Hall–Kier alpha value is -3.48. The van der Waals surface area contributed by atoms with E-state index in [2.05, 4.69) is 15.6 Å². The predicted molar refractivity (Wildman–Crippen MR) is 104 cm³/mol. The van der Waals surface area contributed by atoms with Crippen molar-refractivity contribution in [2.75, 3.05) is 10.6 Å². The molecule has 0 spiro atoms. The molecule has 7 heteroatoms. The Morgan fingerprint density at radius 2 is 1.75 bits per heavy atom. The monoisotopic (exact) mass is 383 g/mol. The molecule has 0 aliphatic heterocycles. The second-order valence-corrected chi connectivity index (χ2v) is 6.36. The molecular weight excluding hydrogens is 364 g/mol. The highest BCUT2D eigenvalue weighted by atomic mass is 19.1. The fraction of sp³-hybridized carbons (Fsp3) is 0.143. The van der Waals surface area contributed by atoms with E-state index in [1.54, 1.807) is 12.3 Å². The number of ether oxygens (including phenoxy) is 1. The first-order valence-corrected chi connectivity index (χ1v) is 8.66. The van der Waals surface area contributed by atoms with Crippen LogP contribution in [0.4, 0.5) is 25.8 Å². The van der Waals surface area contributed by atoms with Crippen molar-refractivity contribution in [2.24, 2.45) is 0 Å². The Balaban J connectivity index is 1.70. The Morgan fingerprint density at radius 1 is 1.00 bits per heavy atom. The minimum absolute atomic E-state index is 0.0872. The van der Waals surface area contributed by atoms with Gasteiger partial charge in [-0.2, -0.15) is 0 Å². The minimum atomic E-state index is -0.848. The maximum absolute atomic E-state index is 13.7. The van der Waals surface area contributed by atoms with Crippen LogP contribution in [0, 0.1) is 11.6 Å². The SMILES string of the molecule is CC(C)Oc1ccc(Nc2cncc(C(=O)Nc3ccc(F)cc3F)c2)cc1. The maximum Gasteiger partial charge on any atom is 0.257 e. The van der Waals surface area contributed by atoms with Gasteiger partial charge in [-0.15, -0.1) is 0 Å². The lowest BCUT2D eigenvalue weighted by molar-refractivity contribution is 0.102. The van der Waals surface area contributed by atoms with Crippen molar-refractivity contribution >= 4 is 23.0 Å². The number of pyridine rings is 1. The van der Waals surface area contributed by atoms with Gasteiger partial charge in [-0.05, 0) is 56.3 Å². The molecule has 2 N–H and O–H groups in total. The fourth-order valence-electron chi connectivity index (χ4n) is 2.47. The zero-order valence-electron chi connectivity index (χ0n) is 15.4. The van der Waals surface area contributed by atoms with Crippen LogP contribution in [-0.2, 0) is 0 Å². The lowest BCUT2D eigenvalue weighted by Crippen LogP contribution is -2.13. The first kappa shape index (κ1) is 19.3. The number of hydrogen-bond acceptors (Lipinski definition) is 4. The number of carbonyl (C=O) groups is 1. The van der Waals surface area contributed by atoms with Gasteiger partial charge in [-0.25, -0.2) is 8.78 Å². The number of nitrogens with zero attached hydrogens (tertiary/aromatic N) is 1. The number of hydrogen-bond donors (Lipinski definition) is 2. The van der Waals surface area contributed by atoms with Crippen LogP contribution in [0.3, 0.4) is 0 Å². The molecule has 0 saturated carbocycles. The molecule has 0 fully saturated rings. The van der Waals surface area contributed by atoms with Gasteiger partial charge in [-0.3, -0.25) is 9.78 Å². The Morgan fingerprint density at radius 3 is 2.43 bits per heavy atom. The predicted octanol–water partition coefficient (Wildman–Crippen LogP) is 5.14. The topological polar surface area (TPSA) is 63.2 Å². The molecule has 3 aromatic rings. The van der Waals surface area contributed by atoms with Crippen LogP contribution in [0.2, 0.25) is 0 Å². The van der Waals surface area contributed by atoms with Gasteiger partial charge in [-0.1, -0.05) is 0 Å². The van der Waals surface area contributed by atoms with Gasteiger partial charge in [0.2, 0.25) is 0 Å². The lowest BCUT2D eigenvalue weighted by atomic mass is 10.2. The molecule has 0 saturated heterocycles. The molecule has 1 aromatic heterocycles. The molecule has 1 amide bonds. The smallest absolute Gasteiger partial charge is 0.257 e. The van der Waals surface area contributed by atoms with Gasteiger partial charge in [0, 0.05) is 18.0 Å². The molecule has 1 heterocycles. The van der Waals surface area contributed by atoms with Crippen molar-refractivity contribution < 1.29 is 18.3 Å². The van der Waals surface area contributed by atoms with Crippen molar-refractivity contribution in [3.8, 4) is 5.75 Å². The van der Waals surface area contributed by atoms with Gasteiger partial charge < -0.3 is 15.4 Å². The van der Waals surface area contributed by atoms with Crippen molar-refractivity contribution in [3.63, 3.8) is 0 Å². The zero-order chi connectivity index (χ0) is 20.1. The Labute approximate surface area is 161 Å². The second-order valence-electron chi connectivity index (χ2n) is 6.36. The summed E-state index contributed by atoms with van der Waals surface area (Å²) < 4.78 is 32.3. The van der Waals surface area contributed by atoms with Crippen molar-refractivity contribution in [1.82, 2.24) is 4.98 Å². The lowest BCUT2D eigenvalue weighted by Gasteiger charge is -2.12. The third-order valence-electron chi connectivity index (χ3n) is 3.69. The average Bonchev–Trinajstić information content (AvgIpc) is 2.65. The maximum atomic E-state index is 13.7. The van der Waals surface area contributed by atoms with E-state index in [0.29, 0.717) is 11.8 Å². The number of carbonyl (C=O) groups excluding carboxylic acids is 1. The van der Waals surface area contributed by atoms with Gasteiger partial charge >= 0.3 is 0 Å². The van der Waals surface area contributed by atoms with E-state index >= 15 is 0 Å². The molecular formula is C21H19F2N3O2. The van der Waals surface area contributed by atoms with Crippen LogP contribution < -0.4 is 15.4 Å². The number of rotatable bonds is 6. The Bertz CT molecular complexity index is 976. The molecule has 0 radical (unpaired) electrons. The van der Waals surface area contributed by atoms with Crippen LogP contribution in [0.5, 0.6) is 5.75 Å². The quantitative estimate of drug-likeness (QED) is 0.618. The average molecular weight is 383 g/mol. The van der Waals surface area contributed by atoms with E-state index in [9.17, 15) is 13.6 Å². The summed E-state index contributed by atoms with van der Waals surface area (Å²) in [6.07, 6.45) is 3.01. The summed E-state index contributed by atoms with van der Waals surface area (Å²) in [7, 11) is 0. The highest BCUT2D eigenvalue weighted by molar-refractivity contribution is 6.04. The van der Waals surface area contributed by atoms with Gasteiger partial charge in [0.15, 0.2) is 0 Å². The molecule has 144 valence electrons. The summed E-state index contributed by atoms with van der Waals surface area (Å²) in [5.41, 5.74) is 1.50. The molecule has 0 aliphatic rings. The van der Waals surface area contributed by atoms with Crippen molar-refractivity contribution in [3.05, 3.63) is 78.1 Å². The standard InChI is InChI=1S/C21H19F2N3O2/c1-13(2)28-18-6-4-16(5-7-18)25-17-9-14(11-24-12-17)21(27)26-20-8-3-15(22)10-19(20)23/h3-13,25H,1-2H3,(H,26,27). The number of halogens is 2. The van der Waals surface area contributed by atoms with Gasteiger partial charge in [0.05, 0.1) is 29.2 Å². The zero-order valence-corrected chi connectivity index (χ0v) is 15.4. The van der Waals surface area contributed by atoms with E-state index < -0.39 is 17.5 Å². The van der Waals surface area contributed by atoms with Gasteiger partial charge in [0.1, 0.15) is 17.4 Å². The molecule has 0 aliphatic carbocycles. The van der Waals surface area contributed by atoms with E-state index in [1.807, 2.05) is 38.1 Å². The first-order valence-electron chi connectivity index (χ1n) is 8.66. The molecule has 2 aromatic carbocycles.